The molecule has 88 valence electrons. The van der Waals surface area contributed by atoms with Crippen LogP contribution in [0.1, 0.15) is 31.7 Å². The van der Waals surface area contributed by atoms with Gasteiger partial charge in [0.25, 0.3) is 0 Å². The van der Waals surface area contributed by atoms with E-state index in [0.717, 1.165) is 5.69 Å². The highest BCUT2D eigenvalue weighted by atomic mass is 16.5. The topological polar surface area (TPSA) is 59.4 Å². The van der Waals surface area contributed by atoms with Crippen LogP contribution in [-0.4, -0.2) is 23.2 Å². The second-order valence-corrected chi connectivity index (χ2v) is 4.31. The molecule has 1 N–H and O–H groups in total. The number of ether oxygens (including phenoxy) is 1. The van der Waals surface area contributed by atoms with E-state index < -0.39 is 5.41 Å². The van der Waals surface area contributed by atoms with E-state index >= 15 is 0 Å². The predicted molar refractivity (Wildman–Crippen MR) is 59.8 cm³/mol. The standard InChI is InChI=1S/C12H17NO3/c1-12(2,7-11(15)16-3)10-6-4-5-9(8-14)13-10/h4-6,14H,7-8H2,1-3H3. The first-order chi connectivity index (χ1) is 7.49. The number of carbonyl (C=O) groups excluding carboxylic acids is 1. The smallest absolute Gasteiger partial charge is 0.306 e. The lowest BCUT2D eigenvalue weighted by atomic mass is 9.85. The number of esters is 1. The van der Waals surface area contributed by atoms with Crippen LogP contribution in [0.4, 0.5) is 0 Å². The van der Waals surface area contributed by atoms with Crippen molar-refractivity contribution < 1.29 is 14.6 Å². The zero-order chi connectivity index (χ0) is 12.2. The van der Waals surface area contributed by atoms with Crippen LogP contribution in [0, 0.1) is 0 Å². The summed E-state index contributed by atoms with van der Waals surface area (Å²) in [7, 11) is 1.37. The third-order valence-electron chi connectivity index (χ3n) is 2.48. The number of aromatic nitrogens is 1. The average Bonchev–Trinajstić information content (AvgIpc) is 2.28. The second kappa shape index (κ2) is 5.07. The van der Waals surface area contributed by atoms with Crippen molar-refractivity contribution in [3.05, 3.63) is 29.6 Å². The highest BCUT2D eigenvalue weighted by molar-refractivity contribution is 5.71. The van der Waals surface area contributed by atoms with E-state index in [0.29, 0.717) is 5.69 Å². The van der Waals surface area contributed by atoms with Gasteiger partial charge in [-0.15, -0.1) is 0 Å². The van der Waals surface area contributed by atoms with Crippen molar-refractivity contribution in [2.24, 2.45) is 0 Å². The average molecular weight is 223 g/mol. The molecule has 0 saturated heterocycles. The Kier molecular flexibility index (Phi) is 4.01. The molecule has 0 amide bonds. The van der Waals surface area contributed by atoms with Crippen LogP contribution in [0.15, 0.2) is 18.2 Å². The molecule has 0 aromatic carbocycles. The summed E-state index contributed by atoms with van der Waals surface area (Å²) in [5.41, 5.74) is 0.998. The van der Waals surface area contributed by atoms with Crippen molar-refractivity contribution in [2.75, 3.05) is 7.11 Å². The van der Waals surface area contributed by atoms with Crippen molar-refractivity contribution >= 4 is 5.97 Å². The molecule has 4 nitrogen and oxygen atoms in total. The molecule has 0 spiro atoms. The van der Waals surface area contributed by atoms with Gasteiger partial charge in [-0.05, 0) is 12.1 Å². The maximum Gasteiger partial charge on any atom is 0.306 e. The minimum atomic E-state index is -0.391. The first kappa shape index (κ1) is 12.6. The van der Waals surface area contributed by atoms with Gasteiger partial charge in [0.1, 0.15) is 0 Å². The number of rotatable bonds is 4. The summed E-state index contributed by atoms with van der Waals surface area (Å²) in [4.78, 5) is 15.5. The van der Waals surface area contributed by atoms with Gasteiger partial charge in [-0.2, -0.15) is 0 Å². The lowest BCUT2D eigenvalue weighted by molar-refractivity contribution is -0.141. The van der Waals surface area contributed by atoms with Crippen LogP contribution >= 0.6 is 0 Å². The lowest BCUT2D eigenvalue weighted by Crippen LogP contribution is -2.24. The quantitative estimate of drug-likeness (QED) is 0.784. The molecular weight excluding hydrogens is 206 g/mol. The van der Waals surface area contributed by atoms with Crippen molar-refractivity contribution in [3.8, 4) is 0 Å². The SMILES string of the molecule is COC(=O)CC(C)(C)c1cccc(CO)n1. The third kappa shape index (κ3) is 3.03. The van der Waals surface area contributed by atoms with E-state index in [1.54, 1.807) is 6.07 Å². The summed E-state index contributed by atoms with van der Waals surface area (Å²) < 4.78 is 4.65. The lowest BCUT2D eigenvalue weighted by Gasteiger charge is -2.22. The van der Waals surface area contributed by atoms with Crippen molar-refractivity contribution in [1.82, 2.24) is 4.98 Å². The zero-order valence-electron chi connectivity index (χ0n) is 9.86. The molecule has 0 aliphatic carbocycles. The van der Waals surface area contributed by atoms with Gasteiger partial charge >= 0.3 is 5.97 Å². The number of carbonyl (C=O) groups is 1. The van der Waals surface area contributed by atoms with Gasteiger partial charge < -0.3 is 9.84 Å². The monoisotopic (exact) mass is 223 g/mol. The Morgan fingerprint density at radius 1 is 1.50 bits per heavy atom. The van der Waals surface area contributed by atoms with Gasteiger partial charge in [0.15, 0.2) is 0 Å². The summed E-state index contributed by atoms with van der Waals surface area (Å²) >= 11 is 0. The van der Waals surface area contributed by atoms with Crippen molar-refractivity contribution in [3.63, 3.8) is 0 Å². The molecule has 4 heteroatoms. The van der Waals surface area contributed by atoms with Crippen LogP contribution in [0.3, 0.4) is 0 Å². The number of aliphatic hydroxyl groups is 1. The molecule has 0 fully saturated rings. The Morgan fingerprint density at radius 2 is 2.19 bits per heavy atom. The summed E-state index contributed by atoms with van der Waals surface area (Å²) in [5.74, 6) is -0.263. The fourth-order valence-electron chi connectivity index (χ4n) is 1.47. The molecule has 0 saturated carbocycles. The van der Waals surface area contributed by atoms with Crippen LogP contribution in [-0.2, 0) is 21.6 Å². The van der Waals surface area contributed by atoms with Gasteiger partial charge in [0, 0.05) is 11.1 Å². The number of methoxy groups -OCH3 is 1. The van der Waals surface area contributed by atoms with Crippen molar-refractivity contribution in [1.29, 1.82) is 0 Å². The fourth-order valence-corrected chi connectivity index (χ4v) is 1.47. The largest absolute Gasteiger partial charge is 0.469 e. The van der Waals surface area contributed by atoms with E-state index in [-0.39, 0.29) is 19.0 Å². The van der Waals surface area contributed by atoms with E-state index in [9.17, 15) is 4.79 Å². The third-order valence-corrected chi connectivity index (χ3v) is 2.48. The first-order valence-electron chi connectivity index (χ1n) is 5.13. The van der Waals surface area contributed by atoms with E-state index in [2.05, 4.69) is 9.72 Å². The first-order valence-corrected chi connectivity index (χ1v) is 5.13. The molecule has 0 aliphatic heterocycles. The minimum Gasteiger partial charge on any atom is -0.469 e. The molecule has 0 atom stereocenters. The van der Waals surface area contributed by atoms with E-state index in [1.807, 2.05) is 26.0 Å². The number of aliphatic hydroxyl groups excluding tert-OH is 1. The molecule has 1 heterocycles. The molecule has 0 bridgehead atoms. The Hall–Kier alpha value is -1.42. The Labute approximate surface area is 95.3 Å². The maximum atomic E-state index is 11.3. The number of hydrogen-bond donors (Lipinski definition) is 1. The normalized spacial score (nSPS) is 11.2. The molecular formula is C12H17NO3. The van der Waals surface area contributed by atoms with Crippen LogP contribution in [0.25, 0.3) is 0 Å². The summed E-state index contributed by atoms with van der Waals surface area (Å²) in [5, 5.41) is 9.00. The van der Waals surface area contributed by atoms with Crippen LogP contribution in [0.5, 0.6) is 0 Å². The Bertz CT molecular complexity index is 374. The molecule has 0 radical (unpaired) electrons. The second-order valence-electron chi connectivity index (χ2n) is 4.31. The Balaban J connectivity index is 2.92. The number of pyridine rings is 1. The van der Waals surface area contributed by atoms with Gasteiger partial charge in [0.2, 0.25) is 0 Å². The van der Waals surface area contributed by atoms with Crippen molar-refractivity contribution in [2.45, 2.75) is 32.3 Å². The zero-order valence-corrected chi connectivity index (χ0v) is 9.86. The predicted octanol–water partition coefficient (Wildman–Crippen LogP) is 1.41. The molecule has 1 aromatic rings. The molecule has 0 unspecified atom stereocenters. The van der Waals surface area contributed by atoms with Gasteiger partial charge in [-0.1, -0.05) is 19.9 Å². The van der Waals surface area contributed by atoms with Crippen LogP contribution in [0.2, 0.25) is 0 Å². The molecule has 1 rings (SSSR count). The van der Waals surface area contributed by atoms with Gasteiger partial charge in [-0.25, -0.2) is 0 Å². The highest BCUT2D eigenvalue weighted by Crippen LogP contribution is 2.25. The van der Waals surface area contributed by atoms with Crippen LogP contribution < -0.4 is 0 Å². The van der Waals surface area contributed by atoms with Gasteiger partial charge in [-0.3, -0.25) is 9.78 Å². The van der Waals surface area contributed by atoms with Gasteiger partial charge in [0.05, 0.1) is 25.8 Å². The highest BCUT2D eigenvalue weighted by Gasteiger charge is 2.26. The summed E-state index contributed by atoms with van der Waals surface area (Å²) in [6.07, 6.45) is 0.269. The molecule has 16 heavy (non-hydrogen) atoms. The number of nitrogens with zero attached hydrogens (tertiary/aromatic N) is 1. The number of hydrogen-bond acceptors (Lipinski definition) is 4. The summed E-state index contributed by atoms with van der Waals surface area (Å²) in [6.45, 7) is 3.75. The fraction of sp³-hybridized carbons (Fsp3) is 0.500. The summed E-state index contributed by atoms with van der Waals surface area (Å²) in [6, 6.07) is 5.42. The van der Waals surface area contributed by atoms with E-state index in [4.69, 9.17) is 5.11 Å². The molecule has 1 aromatic heterocycles. The van der Waals surface area contributed by atoms with E-state index in [1.165, 1.54) is 7.11 Å². The molecule has 0 aliphatic rings. The maximum absolute atomic E-state index is 11.3. The Morgan fingerprint density at radius 3 is 2.75 bits per heavy atom. The minimum absolute atomic E-state index is 0.0951.